The summed E-state index contributed by atoms with van der Waals surface area (Å²) >= 11 is 5.93. The van der Waals surface area contributed by atoms with Crippen LogP contribution in [-0.2, 0) is 4.74 Å². The van der Waals surface area contributed by atoms with Gasteiger partial charge in [0.05, 0.1) is 25.9 Å². The molecule has 0 saturated carbocycles. The quantitative estimate of drug-likeness (QED) is 0.715. The van der Waals surface area contributed by atoms with E-state index >= 15 is 0 Å². The molecule has 0 aliphatic carbocycles. The van der Waals surface area contributed by atoms with Crippen molar-refractivity contribution in [2.24, 2.45) is 0 Å². The summed E-state index contributed by atoms with van der Waals surface area (Å²) in [5, 5.41) is 11.2. The Morgan fingerprint density at radius 2 is 1.85 bits per heavy atom. The lowest BCUT2D eigenvalue weighted by molar-refractivity contribution is -0.0172. The third kappa shape index (κ3) is 5.45. The lowest BCUT2D eigenvalue weighted by Gasteiger charge is -2.27. The van der Waals surface area contributed by atoms with Gasteiger partial charge < -0.3 is 14.6 Å². The Kier molecular flexibility index (Phi) is 7.13. The molecule has 146 valence electrons. The van der Waals surface area contributed by atoms with Gasteiger partial charge in [-0.3, -0.25) is 4.90 Å². The van der Waals surface area contributed by atoms with Crippen molar-refractivity contribution >= 4 is 11.6 Å². The number of likely N-dealkylation sites (tertiary alicyclic amines) is 1. The molecule has 3 atom stereocenters. The fourth-order valence-corrected chi connectivity index (χ4v) is 3.78. The summed E-state index contributed by atoms with van der Waals surface area (Å²) < 4.78 is 11.1. The third-order valence-electron chi connectivity index (χ3n) is 5.19. The maximum Gasteiger partial charge on any atom is 0.118 e. The molecule has 4 nitrogen and oxygen atoms in total. The molecule has 3 rings (SSSR count). The van der Waals surface area contributed by atoms with Crippen LogP contribution in [0.15, 0.2) is 48.5 Å². The number of aliphatic hydroxyl groups excluding tert-OH is 1. The van der Waals surface area contributed by atoms with Crippen LogP contribution in [0.2, 0.25) is 5.02 Å². The van der Waals surface area contributed by atoms with Gasteiger partial charge in [0, 0.05) is 17.6 Å². The number of hydrogen-bond donors (Lipinski definition) is 1. The molecular formula is C22H28ClNO3. The lowest BCUT2D eigenvalue weighted by Crippen LogP contribution is -2.34. The molecule has 0 bridgehead atoms. The Hall–Kier alpha value is -1.59. The molecule has 1 heterocycles. The first-order chi connectivity index (χ1) is 13.1. The van der Waals surface area contributed by atoms with Crippen LogP contribution in [0.25, 0.3) is 0 Å². The minimum Gasteiger partial charge on any atom is -0.497 e. The highest BCUT2D eigenvalue weighted by Gasteiger charge is 2.27. The fraction of sp³-hybridized carbons (Fsp3) is 0.455. The summed E-state index contributed by atoms with van der Waals surface area (Å²) in [5.41, 5.74) is 2.33. The van der Waals surface area contributed by atoms with Crippen molar-refractivity contribution in [3.63, 3.8) is 0 Å². The number of halogens is 1. The minimum atomic E-state index is -0.515. The monoisotopic (exact) mass is 389 g/mol. The average molecular weight is 390 g/mol. The summed E-state index contributed by atoms with van der Waals surface area (Å²) in [6.45, 7) is 3.92. The van der Waals surface area contributed by atoms with Gasteiger partial charge in [-0.15, -0.1) is 0 Å². The second-order valence-electron chi connectivity index (χ2n) is 7.11. The molecule has 5 heteroatoms. The van der Waals surface area contributed by atoms with Crippen LogP contribution < -0.4 is 4.74 Å². The summed E-state index contributed by atoms with van der Waals surface area (Å²) in [7, 11) is 1.68. The average Bonchev–Trinajstić information content (AvgIpc) is 3.14. The predicted molar refractivity (Wildman–Crippen MR) is 108 cm³/mol. The molecule has 2 aromatic rings. The summed E-state index contributed by atoms with van der Waals surface area (Å²) in [6.07, 6.45) is 1.67. The predicted octanol–water partition coefficient (Wildman–Crippen LogP) is 4.62. The Morgan fingerprint density at radius 3 is 2.52 bits per heavy atom. The van der Waals surface area contributed by atoms with E-state index in [9.17, 15) is 5.11 Å². The van der Waals surface area contributed by atoms with Crippen molar-refractivity contribution in [2.45, 2.75) is 38.0 Å². The molecule has 0 amide bonds. The molecule has 27 heavy (non-hydrogen) atoms. The molecule has 1 fully saturated rings. The number of methoxy groups -OCH3 is 1. The zero-order valence-electron chi connectivity index (χ0n) is 16.0. The van der Waals surface area contributed by atoms with Crippen molar-refractivity contribution in [2.75, 3.05) is 26.8 Å². The van der Waals surface area contributed by atoms with Gasteiger partial charge >= 0.3 is 0 Å². The standard InChI is InChI=1S/C22H28ClNO3/c1-16(17-5-9-19(23)10-6-17)27-15-20(25)14-24-13-3-4-22(24)18-7-11-21(26-2)12-8-18/h5-12,16,20,22,25H,3-4,13-15H2,1-2H3/t16-,20-,22+/m1/s1. The van der Waals surface area contributed by atoms with Gasteiger partial charge in [-0.05, 0) is 61.7 Å². The van der Waals surface area contributed by atoms with E-state index in [4.69, 9.17) is 21.1 Å². The summed E-state index contributed by atoms with van der Waals surface area (Å²) in [6, 6.07) is 16.2. The molecular weight excluding hydrogens is 362 g/mol. The van der Waals surface area contributed by atoms with Crippen LogP contribution in [-0.4, -0.2) is 42.9 Å². The van der Waals surface area contributed by atoms with Gasteiger partial charge in [-0.25, -0.2) is 0 Å². The molecule has 1 aliphatic rings. The van der Waals surface area contributed by atoms with Crippen LogP contribution in [0.3, 0.4) is 0 Å². The van der Waals surface area contributed by atoms with E-state index in [2.05, 4.69) is 17.0 Å². The fourth-order valence-electron chi connectivity index (χ4n) is 3.66. The van der Waals surface area contributed by atoms with Gasteiger partial charge in [0.15, 0.2) is 0 Å². The Morgan fingerprint density at radius 1 is 1.15 bits per heavy atom. The first-order valence-corrected chi connectivity index (χ1v) is 9.87. The van der Waals surface area contributed by atoms with Crippen molar-refractivity contribution in [3.8, 4) is 5.75 Å². The maximum atomic E-state index is 10.5. The van der Waals surface area contributed by atoms with E-state index in [-0.39, 0.29) is 6.10 Å². The lowest BCUT2D eigenvalue weighted by atomic mass is 10.0. The molecule has 0 aromatic heterocycles. The van der Waals surface area contributed by atoms with Gasteiger partial charge in [-0.1, -0.05) is 35.9 Å². The zero-order chi connectivity index (χ0) is 19.2. The Labute approximate surface area is 166 Å². The van der Waals surface area contributed by atoms with E-state index in [1.807, 2.05) is 43.3 Å². The minimum absolute atomic E-state index is 0.0760. The van der Waals surface area contributed by atoms with Crippen LogP contribution in [0.4, 0.5) is 0 Å². The second kappa shape index (κ2) is 9.56. The van der Waals surface area contributed by atoms with Crippen molar-refractivity contribution in [1.82, 2.24) is 4.90 Å². The zero-order valence-corrected chi connectivity index (χ0v) is 16.7. The Balaban J connectivity index is 1.51. The van der Waals surface area contributed by atoms with E-state index in [0.717, 1.165) is 30.7 Å². The number of β-amino-alcohol motifs (C(OH)–C–C–N with tert-alkyl or cyclic N) is 1. The number of ether oxygens (including phenoxy) is 2. The highest BCUT2D eigenvalue weighted by Crippen LogP contribution is 2.32. The SMILES string of the molecule is COc1ccc([C@@H]2CCCN2C[C@@H](O)CO[C@H](C)c2ccc(Cl)cc2)cc1. The molecule has 2 aromatic carbocycles. The van der Waals surface area contributed by atoms with Crippen molar-refractivity contribution in [1.29, 1.82) is 0 Å². The smallest absolute Gasteiger partial charge is 0.118 e. The van der Waals surface area contributed by atoms with E-state index in [1.165, 1.54) is 5.56 Å². The molecule has 1 N–H and O–H groups in total. The second-order valence-corrected chi connectivity index (χ2v) is 7.54. The highest BCUT2D eigenvalue weighted by molar-refractivity contribution is 6.30. The summed E-state index contributed by atoms with van der Waals surface area (Å²) in [5.74, 6) is 0.868. The van der Waals surface area contributed by atoms with Crippen molar-refractivity contribution in [3.05, 3.63) is 64.7 Å². The maximum absolute atomic E-state index is 10.5. The topological polar surface area (TPSA) is 41.9 Å². The van der Waals surface area contributed by atoms with Gasteiger partial charge in [-0.2, -0.15) is 0 Å². The third-order valence-corrected chi connectivity index (χ3v) is 5.44. The largest absolute Gasteiger partial charge is 0.497 e. The normalized spacial score (nSPS) is 19.8. The van der Waals surface area contributed by atoms with Crippen LogP contribution >= 0.6 is 11.6 Å². The van der Waals surface area contributed by atoms with Gasteiger partial charge in [0.1, 0.15) is 5.75 Å². The van der Waals surface area contributed by atoms with Crippen LogP contribution in [0, 0.1) is 0 Å². The number of aliphatic hydroxyl groups is 1. The van der Waals surface area contributed by atoms with Crippen molar-refractivity contribution < 1.29 is 14.6 Å². The van der Waals surface area contributed by atoms with Crippen LogP contribution in [0.1, 0.15) is 43.0 Å². The van der Waals surface area contributed by atoms with Gasteiger partial charge in [0.2, 0.25) is 0 Å². The number of nitrogens with zero attached hydrogens (tertiary/aromatic N) is 1. The first-order valence-electron chi connectivity index (χ1n) is 9.50. The number of hydrogen-bond acceptors (Lipinski definition) is 4. The molecule has 0 radical (unpaired) electrons. The number of benzene rings is 2. The summed E-state index contributed by atoms with van der Waals surface area (Å²) in [4.78, 5) is 2.35. The number of rotatable bonds is 8. The molecule has 1 saturated heterocycles. The first kappa shape index (κ1) is 20.2. The molecule has 0 unspecified atom stereocenters. The van der Waals surface area contributed by atoms with E-state index in [1.54, 1.807) is 7.11 Å². The highest BCUT2D eigenvalue weighted by atomic mass is 35.5. The Bertz CT molecular complexity index is 705. The van der Waals surface area contributed by atoms with Crippen LogP contribution in [0.5, 0.6) is 5.75 Å². The van der Waals surface area contributed by atoms with E-state index < -0.39 is 6.10 Å². The molecule has 0 spiro atoms. The molecule has 1 aliphatic heterocycles. The van der Waals surface area contributed by atoms with E-state index in [0.29, 0.717) is 24.2 Å². The van der Waals surface area contributed by atoms with Gasteiger partial charge in [0.25, 0.3) is 0 Å².